The maximum absolute atomic E-state index is 13.5. The van der Waals surface area contributed by atoms with Crippen LogP contribution in [0.15, 0.2) is 71.6 Å². The van der Waals surface area contributed by atoms with Crippen molar-refractivity contribution in [2.24, 2.45) is 0 Å². The number of hydrogen-bond acceptors (Lipinski definition) is 6. The van der Waals surface area contributed by atoms with Gasteiger partial charge in [-0.15, -0.1) is 0 Å². The van der Waals surface area contributed by atoms with Crippen LogP contribution in [-0.4, -0.2) is 40.1 Å². The molecule has 1 unspecified atom stereocenters. The van der Waals surface area contributed by atoms with Crippen LogP contribution in [0, 0.1) is 13.8 Å². The molecule has 4 rings (SSSR count). The number of benzene rings is 3. The molecule has 0 spiro atoms. The number of sulfonamides is 1. The van der Waals surface area contributed by atoms with Crippen molar-refractivity contribution in [3.05, 3.63) is 83.4 Å². The molecule has 1 amide bonds. The van der Waals surface area contributed by atoms with E-state index in [9.17, 15) is 18.0 Å². The number of esters is 1. The van der Waals surface area contributed by atoms with Gasteiger partial charge >= 0.3 is 5.97 Å². The quantitative estimate of drug-likeness (QED) is 0.559. The summed E-state index contributed by atoms with van der Waals surface area (Å²) < 4.78 is 38.9. The molecule has 1 aliphatic heterocycles. The van der Waals surface area contributed by atoms with Gasteiger partial charge in [0.05, 0.1) is 29.8 Å². The lowest BCUT2D eigenvalue weighted by Gasteiger charge is -2.35. The lowest BCUT2D eigenvalue weighted by molar-refractivity contribution is -0.122. The Morgan fingerprint density at radius 3 is 2.41 bits per heavy atom. The van der Waals surface area contributed by atoms with Gasteiger partial charge in [-0.2, -0.15) is 0 Å². The van der Waals surface area contributed by atoms with Gasteiger partial charge in [-0.25, -0.2) is 13.2 Å². The molecule has 176 valence electrons. The van der Waals surface area contributed by atoms with Crippen molar-refractivity contribution in [1.29, 1.82) is 0 Å². The summed E-state index contributed by atoms with van der Waals surface area (Å²) in [6.45, 7) is 3.51. The molecule has 3 aromatic rings. The van der Waals surface area contributed by atoms with Crippen LogP contribution >= 0.6 is 0 Å². The molecule has 34 heavy (non-hydrogen) atoms. The summed E-state index contributed by atoms with van der Waals surface area (Å²) in [5.74, 6) is -0.793. The van der Waals surface area contributed by atoms with Gasteiger partial charge in [-0.1, -0.05) is 29.8 Å². The molecule has 0 aliphatic carbocycles. The van der Waals surface area contributed by atoms with Crippen molar-refractivity contribution < 1.29 is 27.5 Å². The number of nitrogens with one attached hydrogen (secondary N) is 1. The van der Waals surface area contributed by atoms with Crippen LogP contribution in [-0.2, 0) is 19.6 Å². The zero-order valence-corrected chi connectivity index (χ0v) is 19.8. The van der Waals surface area contributed by atoms with Crippen LogP contribution in [0.1, 0.15) is 21.5 Å². The highest BCUT2D eigenvalue weighted by atomic mass is 32.2. The summed E-state index contributed by atoms with van der Waals surface area (Å²) >= 11 is 0. The second kappa shape index (κ2) is 9.18. The number of hydrogen-bond donors (Lipinski definition) is 1. The van der Waals surface area contributed by atoms with Gasteiger partial charge < -0.3 is 14.8 Å². The molecule has 1 aliphatic rings. The fourth-order valence-electron chi connectivity index (χ4n) is 3.63. The number of carbonyl (C=O) groups is 2. The van der Waals surface area contributed by atoms with Crippen LogP contribution in [0.4, 0.5) is 11.4 Å². The van der Waals surface area contributed by atoms with Gasteiger partial charge in [0.15, 0.2) is 6.10 Å². The Bertz CT molecular complexity index is 1350. The number of carbonyl (C=O) groups excluding carboxylic acids is 2. The molecular weight excluding hydrogens is 456 g/mol. The molecular formula is C25H24N2O6S. The maximum atomic E-state index is 13.5. The van der Waals surface area contributed by atoms with Gasteiger partial charge in [0.2, 0.25) is 0 Å². The third-order valence-corrected chi connectivity index (χ3v) is 7.23. The second-order valence-corrected chi connectivity index (χ2v) is 9.85. The van der Waals surface area contributed by atoms with Gasteiger partial charge in [0.1, 0.15) is 5.75 Å². The third kappa shape index (κ3) is 4.60. The van der Waals surface area contributed by atoms with Crippen LogP contribution in [0.3, 0.4) is 0 Å². The minimum absolute atomic E-state index is 0.123. The van der Waals surface area contributed by atoms with E-state index in [0.717, 1.165) is 11.1 Å². The van der Waals surface area contributed by atoms with Crippen LogP contribution < -0.4 is 14.4 Å². The van der Waals surface area contributed by atoms with Crippen molar-refractivity contribution >= 4 is 33.3 Å². The first kappa shape index (κ1) is 23.3. The van der Waals surface area contributed by atoms with E-state index in [2.05, 4.69) is 5.32 Å². The molecule has 3 aromatic carbocycles. The molecule has 9 heteroatoms. The van der Waals surface area contributed by atoms with E-state index in [-0.39, 0.29) is 22.8 Å². The molecule has 0 saturated carbocycles. The van der Waals surface area contributed by atoms with Gasteiger partial charge in [0.25, 0.3) is 15.9 Å². The Kier molecular flexibility index (Phi) is 6.30. The van der Waals surface area contributed by atoms with E-state index in [4.69, 9.17) is 9.47 Å². The molecule has 0 fully saturated rings. The number of anilines is 2. The molecule has 0 saturated heterocycles. The first-order chi connectivity index (χ1) is 16.2. The predicted octanol–water partition coefficient (Wildman–Crippen LogP) is 3.69. The number of aryl methyl sites for hydroxylation is 2. The third-order valence-electron chi connectivity index (χ3n) is 5.44. The molecule has 0 aromatic heterocycles. The normalized spacial score (nSPS) is 15.1. The van der Waals surface area contributed by atoms with Crippen molar-refractivity contribution in [2.75, 3.05) is 23.3 Å². The Morgan fingerprint density at radius 2 is 1.71 bits per heavy atom. The average Bonchev–Trinajstić information content (AvgIpc) is 2.83. The fourth-order valence-corrected chi connectivity index (χ4v) is 5.10. The molecule has 0 radical (unpaired) electrons. The van der Waals surface area contributed by atoms with Crippen LogP contribution in [0.25, 0.3) is 0 Å². The first-order valence-electron chi connectivity index (χ1n) is 10.5. The number of methoxy groups -OCH3 is 1. The van der Waals surface area contributed by atoms with E-state index < -0.39 is 28.0 Å². The molecule has 0 bridgehead atoms. The Morgan fingerprint density at radius 1 is 1.00 bits per heavy atom. The number of fused-ring (bicyclic) bond motifs is 1. The van der Waals surface area contributed by atoms with Crippen molar-refractivity contribution in [2.45, 2.75) is 24.8 Å². The van der Waals surface area contributed by atoms with Crippen molar-refractivity contribution in [3.63, 3.8) is 0 Å². The highest BCUT2D eigenvalue weighted by Crippen LogP contribution is 2.38. The highest BCUT2D eigenvalue weighted by Gasteiger charge is 2.37. The van der Waals surface area contributed by atoms with E-state index in [1.807, 2.05) is 13.8 Å². The minimum atomic E-state index is -3.96. The topological polar surface area (TPSA) is 102 Å². The largest absolute Gasteiger partial charge is 0.476 e. The summed E-state index contributed by atoms with van der Waals surface area (Å²) in [6, 6.07) is 18.0. The SMILES string of the molecule is COC(=O)c1cccc(NC(=O)C2CN(S(=O)(=O)c3ccc(C)cc3)c3cc(C)ccc3O2)c1. The van der Waals surface area contributed by atoms with Gasteiger partial charge in [0, 0.05) is 5.69 Å². The molecule has 1 heterocycles. The second-order valence-electron chi connectivity index (χ2n) is 7.99. The summed E-state index contributed by atoms with van der Waals surface area (Å²) in [4.78, 5) is 25.0. The summed E-state index contributed by atoms with van der Waals surface area (Å²) in [5.41, 5.74) is 2.79. The standard InChI is InChI=1S/C25H24N2O6S/c1-16-7-10-20(11-8-16)34(30,31)27-15-23(33-22-12-9-17(2)13-21(22)27)24(28)26-19-6-4-5-18(14-19)25(29)32-3/h4-14,23H,15H2,1-3H3,(H,26,28). The first-order valence-corrected chi connectivity index (χ1v) is 12.0. The minimum Gasteiger partial charge on any atom is -0.476 e. The van der Waals surface area contributed by atoms with Gasteiger partial charge in [-0.3, -0.25) is 9.10 Å². The Hall–Kier alpha value is -3.85. The zero-order valence-electron chi connectivity index (χ0n) is 18.9. The van der Waals surface area contributed by atoms with E-state index in [0.29, 0.717) is 11.4 Å². The van der Waals surface area contributed by atoms with Crippen molar-refractivity contribution in [1.82, 2.24) is 0 Å². The number of amides is 1. The fraction of sp³-hybridized carbons (Fsp3) is 0.200. The van der Waals surface area contributed by atoms with E-state index >= 15 is 0 Å². The highest BCUT2D eigenvalue weighted by molar-refractivity contribution is 7.92. The smallest absolute Gasteiger partial charge is 0.337 e. The van der Waals surface area contributed by atoms with Gasteiger partial charge in [-0.05, 0) is 61.9 Å². The monoisotopic (exact) mass is 480 g/mol. The maximum Gasteiger partial charge on any atom is 0.337 e. The number of rotatable bonds is 5. The summed E-state index contributed by atoms with van der Waals surface area (Å²) in [5, 5.41) is 2.70. The summed E-state index contributed by atoms with van der Waals surface area (Å²) in [6.07, 6.45) is -1.11. The van der Waals surface area contributed by atoms with Crippen molar-refractivity contribution in [3.8, 4) is 5.75 Å². The molecule has 1 atom stereocenters. The van der Waals surface area contributed by atoms with Crippen LogP contribution in [0.2, 0.25) is 0 Å². The lowest BCUT2D eigenvalue weighted by atomic mass is 10.1. The average molecular weight is 481 g/mol. The number of ether oxygens (including phenoxy) is 2. The summed E-state index contributed by atoms with van der Waals surface area (Å²) in [7, 11) is -2.69. The Balaban J connectivity index is 1.66. The molecule has 8 nitrogen and oxygen atoms in total. The van der Waals surface area contributed by atoms with E-state index in [1.165, 1.54) is 17.5 Å². The molecule has 1 N–H and O–H groups in total. The zero-order chi connectivity index (χ0) is 24.5. The van der Waals surface area contributed by atoms with E-state index in [1.54, 1.807) is 60.7 Å². The Labute approximate surface area is 198 Å². The lowest BCUT2D eigenvalue weighted by Crippen LogP contribution is -2.48. The number of nitrogens with zero attached hydrogens (tertiary/aromatic N) is 1. The van der Waals surface area contributed by atoms with Crippen LogP contribution in [0.5, 0.6) is 5.75 Å². The predicted molar refractivity (Wildman–Crippen MR) is 128 cm³/mol.